The highest BCUT2D eigenvalue weighted by atomic mass is 16.1. The van der Waals surface area contributed by atoms with Gasteiger partial charge < -0.3 is 5.73 Å². The van der Waals surface area contributed by atoms with E-state index in [0.717, 1.165) is 22.3 Å². The molecule has 0 fully saturated rings. The molecule has 30 heavy (non-hydrogen) atoms. The lowest BCUT2D eigenvalue weighted by Gasteiger charge is -2.06. The van der Waals surface area contributed by atoms with E-state index in [4.69, 9.17) is 5.73 Å². The third-order valence-electron chi connectivity index (χ3n) is 4.62. The van der Waals surface area contributed by atoms with E-state index in [-0.39, 0.29) is 24.4 Å². The van der Waals surface area contributed by atoms with E-state index in [2.05, 4.69) is 15.0 Å². The topological polar surface area (TPSA) is 98.8 Å². The van der Waals surface area contributed by atoms with Gasteiger partial charge in [0, 0.05) is 49.1 Å². The number of Topliss-reactive ketones (excluding diaryl/α,β-unsaturated/α-hetero) is 2. The van der Waals surface area contributed by atoms with Gasteiger partial charge in [0.1, 0.15) is 17.3 Å². The van der Waals surface area contributed by atoms with Crippen molar-refractivity contribution in [2.24, 2.45) is 0 Å². The van der Waals surface area contributed by atoms with Gasteiger partial charge in [-0.3, -0.25) is 14.6 Å². The standard InChI is InChI=1S/C24H24N4O2/c1-16-6-8-20(22(25)10-16)12-24(30)23-9-7-18(13-28-23)11-21(29)5-3-4-19-14-26-17(2)27-15-19/h3-4,6-10,13-15H,5,11-12,25H2,1-2H3/b4-3+. The molecule has 0 radical (unpaired) electrons. The number of pyridine rings is 1. The Labute approximate surface area is 175 Å². The molecule has 2 N–H and O–H groups in total. The predicted molar refractivity (Wildman–Crippen MR) is 117 cm³/mol. The first-order valence-electron chi connectivity index (χ1n) is 9.71. The normalized spacial score (nSPS) is 11.0. The average Bonchev–Trinajstić information content (AvgIpc) is 2.72. The van der Waals surface area contributed by atoms with E-state index in [1.807, 2.05) is 38.1 Å². The molecular weight excluding hydrogens is 376 g/mol. The number of aromatic nitrogens is 3. The SMILES string of the molecule is Cc1ccc(CC(=O)c2ccc(CC(=O)C/C=C/c3cnc(C)nc3)cn2)c(N)c1. The van der Waals surface area contributed by atoms with Gasteiger partial charge in [0.2, 0.25) is 0 Å². The maximum atomic E-state index is 12.5. The number of carbonyl (C=O) groups excluding carboxylic acids is 2. The summed E-state index contributed by atoms with van der Waals surface area (Å²) in [5.74, 6) is 0.666. The molecule has 3 aromatic rings. The number of carbonyl (C=O) groups is 2. The molecule has 0 aliphatic carbocycles. The number of hydrogen-bond acceptors (Lipinski definition) is 6. The molecule has 0 saturated heterocycles. The van der Waals surface area contributed by atoms with Crippen molar-refractivity contribution >= 4 is 23.3 Å². The van der Waals surface area contributed by atoms with Crippen LogP contribution in [0.25, 0.3) is 6.08 Å². The molecule has 152 valence electrons. The Bertz CT molecular complexity index is 1070. The van der Waals surface area contributed by atoms with Crippen LogP contribution in [0.3, 0.4) is 0 Å². The third kappa shape index (κ3) is 5.91. The molecule has 0 aliphatic rings. The minimum atomic E-state index is -0.105. The molecule has 2 heterocycles. The fraction of sp³-hybridized carbons (Fsp3) is 0.208. The summed E-state index contributed by atoms with van der Waals surface area (Å²) in [7, 11) is 0. The number of nitrogens with zero attached hydrogens (tertiary/aromatic N) is 3. The molecule has 2 aromatic heterocycles. The number of nitrogen functional groups attached to an aromatic ring is 1. The molecular formula is C24H24N4O2. The van der Waals surface area contributed by atoms with Gasteiger partial charge in [-0.2, -0.15) is 0 Å². The minimum Gasteiger partial charge on any atom is -0.398 e. The van der Waals surface area contributed by atoms with E-state index < -0.39 is 0 Å². The van der Waals surface area contributed by atoms with Crippen LogP contribution in [-0.2, 0) is 17.6 Å². The molecule has 0 aliphatic heterocycles. The van der Waals surface area contributed by atoms with Gasteiger partial charge in [-0.15, -0.1) is 0 Å². The molecule has 0 spiro atoms. The van der Waals surface area contributed by atoms with Crippen molar-refractivity contribution in [3.63, 3.8) is 0 Å². The Balaban J connectivity index is 1.53. The van der Waals surface area contributed by atoms with Crippen molar-refractivity contribution in [1.82, 2.24) is 15.0 Å². The molecule has 3 rings (SSSR count). The fourth-order valence-corrected chi connectivity index (χ4v) is 2.95. The van der Waals surface area contributed by atoms with Gasteiger partial charge in [-0.25, -0.2) is 9.97 Å². The van der Waals surface area contributed by atoms with Gasteiger partial charge in [0.05, 0.1) is 0 Å². The molecule has 1 aromatic carbocycles. The molecule has 6 nitrogen and oxygen atoms in total. The maximum Gasteiger partial charge on any atom is 0.185 e. The van der Waals surface area contributed by atoms with Crippen molar-refractivity contribution in [2.45, 2.75) is 33.1 Å². The summed E-state index contributed by atoms with van der Waals surface area (Å²) in [6.07, 6.45) is 9.41. The highest BCUT2D eigenvalue weighted by molar-refractivity contribution is 5.96. The largest absolute Gasteiger partial charge is 0.398 e. The molecule has 6 heteroatoms. The number of benzene rings is 1. The van der Waals surface area contributed by atoms with Crippen molar-refractivity contribution < 1.29 is 9.59 Å². The summed E-state index contributed by atoms with van der Waals surface area (Å²) < 4.78 is 0. The number of hydrogen-bond donors (Lipinski definition) is 1. The van der Waals surface area contributed by atoms with E-state index in [1.54, 1.807) is 36.8 Å². The third-order valence-corrected chi connectivity index (χ3v) is 4.62. The summed E-state index contributed by atoms with van der Waals surface area (Å²) >= 11 is 0. The van der Waals surface area contributed by atoms with Gasteiger partial charge in [-0.05, 0) is 42.7 Å². The molecule has 0 amide bonds. The minimum absolute atomic E-state index is 0.0626. The Morgan fingerprint density at radius 1 is 0.967 bits per heavy atom. The van der Waals surface area contributed by atoms with Crippen LogP contribution in [0.2, 0.25) is 0 Å². The summed E-state index contributed by atoms with van der Waals surface area (Å²) in [4.78, 5) is 37.1. The number of ketones is 2. The Hall–Kier alpha value is -3.67. The second kappa shape index (κ2) is 9.69. The van der Waals surface area contributed by atoms with Crippen molar-refractivity contribution in [1.29, 1.82) is 0 Å². The van der Waals surface area contributed by atoms with E-state index in [0.29, 0.717) is 23.6 Å². The highest BCUT2D eigenvalue weighted by Gasteiger charge is 2.11. The van der Waals surface area contributed by atoms with Gasteiger partial charge in [0.25, 0.3) is 0 Å². The summed E-state index contributed by atoms with van der Waals surface area (Å²) in [6, 6.07) is 9.08. The first kappa shape index (κ1) is 21.0. The molecule has 0 atom stereocenters. The lowest BCUT2D eigenvalue weighted by Crippen LogP contribution is -2.09. The van der Waals surface area contributed by atoms with Crippen LogP contribution in [0, 0.1) is 13.8 Å². The smallest absolute Gasteiger partial charge is 0.185 e. The van der Waals surface area contributed by atoms with Gasteiger partial charge in [0.15, 0.2) is 5.78 Å². The quantitative estimate of drug-likeness (QED) is 0.457. The van der Waals surface area contributed by atoms with E-state index in [9.17, 15) is 9.59 Å². The summed E-state index contributed by atoms with van der Waals surface area (Å²) in [6.45, 7) is 3.78. The fourth-order valence-electron chi connectivity index (χ4n) is 2.95. The highest BCUT2D eigenvalue weighted by Crippen LogP contribution is 2.16. The second-order valence-corrected chi connectivity index (χ2v) is 7.24. The monoisotopic (exact) mass is 400 g/mol. The number of aryl methyl sites for hydroxylation is 2. The lowest BCUT2D eigenvalue weighted by atomic mass is 10.0. The van der Waals surface area contributed by atoms with Crippen molar-refractivity contribution in [3.8, 4) is 0 Å². The molecule has 0 bridgehead atoms. The van der Waals surface area contributed by atoms with Gasteiger partial charge in [-0.1, -0.05) is 30.4 Å². The van der Waals surface area contributed by atoms with Crippen LogP contribution in [0.5, 0.6) is 0 Å². The Morgan fingerprint density at radius 3 is 2.40 bits per heavy atom. The van der Waals surface area contributed by atoms with Crippen LogP contribution in [-0.4, -0.2) is 26.5 Å². The van der Waals surface area contributed by atoms with E-state index in [1.165, 1.54) is 0 Å². The average molecular weight is 400 g/mol. The second-order valence-electron chi connectivity index (χ2n) is 7.24. The zero-order valence-corrected chi connectivity index (χ0v) is 17.1. The zero-order chi connectivity index (χ0) is 21.5. The van der Waals surface area contributed by atoms with Crippen molar-refractivity contribution in [3.05, 3.63) is 88.8 Å². The molecule has 0 unspecified atom stereocenters. The number of allylic oxidation sites excluding steroid dienone is 1. The predicted octanol–water partition coefficient (Wildman–Crippen LogP) is 3.71. The number of anilines is 1. The van der Waals surface area contributed by atoms with Crippen LogP contribution in [0.15, 0.2) is 55.0 Å². The van der Waals surface area contributed by atoms with Crippen LogP contribution >= 0.6 is 0 Å². The van der Waals surface area contributed by atoms with Crippen LogP contribution < -0.4 is 5.73 Å². The first-order chi connectivity index (χ1) is 14.4. The van der Waals surface area contributed by atoms with Crippen LogP contribution in [0.1, 0.15) is 45.0 Å². The van der Waals surface area contributed by atoms with Crippen molar-refractivity contribution in [2.75, 3.05) is 5.73 Å². The van der Waals surface area contributed by atoms with Gasteiger partial charge >= 0.3 is 0 Å². The first-order valence-corrected chi connectivity index (χ1v) is 9.71. The summed E-state index contributed by atoms with van der Waals surface area (Å²) in [5, 5.41) is 0. The Morgan fingerprint density at radius 2 is 1.73 bits per heavy atom. The Kier molecular flexibility index (Phi) is 6.80. The van der Waals surface area contributed by atoms with E-state index >= 15 is 0 Å². The van der Waals surface area contributed by atoms with Crippen LogP contribution in [0.4, 0.5) is 5.69 Å². The summed E-state index contributed by atoms with van der Waals surface area (Å²) in [5.41, 5.74) is 10.4. The molecule has 0 saturated carbocycles. The lowest BCUT2D eigenvalue weighted by molar-refractivity contribution is -0.117. The number of rotatable bonds is 8. The number of nitrogens with two attached hydrogens (primary N) is 1. The maximum absolute atomic E-state index is 12.5. The zero-order valence-electron chi connectivity index (χ0n) is 17.1.